The van der Waals surface area contributed by atoms with Crippen molar-refractivity contribution in [3.8, 4) is 5.75 Å². The van der Waals surface area contributed by atoms with E-state index in [1.54, 1.807) is 41.0 Å². The van der Waals surface area contributed by atoms with Gasteiger partial charge in [-0.15, -0.1) is 11.3 Å². The Labute approximate surface area is 183 Å². The van der Waals surface area contributed by atoms with E-state index in [0.717, 1.165) is 0 Å². The highest BCUT2D eigenvalue weighted by Gasteiger charge is 2.39. The summed E-state index contributed by atoms with van der Waals surface area (Å²) in [5.41, 5.74) is 2.76. The van der Waals surface area contributed by atoms with Gasteiger partial charge in [-0.1, -0.05) is 0 Å². The van der Waals surface area contributed by atoms with Crippen LogP contribution in [0.25, 0.3) is 0 Å². The highest BCUT2D eigenvalue weighted by Crippen LogP contribution is 2.32. The van der Waals surface area contributed by atoms with Gasteiger partial charge in [0.15, 0.2) is 0 Å². The van der Waals surface area contributed by atoms with Gasteiger partial charge in [-0.25, -0.2) is 4.98 Å². The fourth-order valence-corrected chi connectivity index (χ4v) is 4.43. The van der Waals surface area contributed by atoms with Crippen molar-refractivity contribution in [2.45, 2.75) is 37.5 Å². The topological polar surface area (TPSA) is 107 Å². The van der Waals surface area contributed by atoms with Crippen molar-refractivity contribution in [3.05, 3.63) is 40.3 Å². The molecule has 0 spiro atoms. The average molecular weight is 445 g/mol. The SMILES string of the molecule is COC(=O)C[C@@H]1CC[C@@H]2[C@@H](COc3ccc(NC(=O)c4cscn4)cc3C(=O)N2C)O1. The zero-order valence-corrected chi connectivity index (χ0v) is 18.0. The van der Waals surface area contributed by atoms with E-state index in [0.29, 0.717) is 35.5 Å². The quantitative estimate of drug-likeness (QED) is 0.720. The minimum Gasteiger partial charge on any atom is -0.490 e. The third-order valence-electron chi connectivity index (χ3n) is 5.56. The van der Waals surface area contributed by atoms with Crippen molar-refractivity contribution in [3.63, 3.8) is 0 Å². The molecule has 0 radical (unpaired) electrons. The molecule has 3 atom stereocenters. The summed E-state index contributed by atoms with van der Waals surface area (Å²) in [5.74, 6) is -0.464. The molecule has 1 N–H and O–H groups in total. The second-order valence-electron chi connectivity index (χ2n) is 7.49. The van der Waals surface area contributed by atoms with Crippen LogP contribution in [0.1, 0.15) is 40.1 Å². The first kappa shape index (κ1) is 21.3. The first-order valence-electron chi connectivity index (χ1n) is 9.92. The van der Waals surface area contributed by atoms with E-state index in [1.807, 2.05) is 0 Å². The van der Waals surface area contributed by atoms with E-state index in [-0.39, 0.29) is 49.1 Å². The predicted molar refractivity (Wildman–Crippen MR) is 112 cm³/mol. The summed E-state index contributed by atoms with van der Waals surface area (Å²) in [5, 5.41) is 4.42. The number of hydrogen-bond acceptors (Lipinski definition) is 8. The van der Waals surface area contributed by atoms with E-state index in [9.17, 15) is 14.4 Å². The number of aromatic nitrogens is 1. The number of nitrogens with one attached hydrogen (secondary N) is 1. The van der Waals surface area contributed by atoms with Crippen molar-refractivity contribution in [2.75, 3.05) is 26.1 Å². The molecule has 10 heteroatoms. The number of benzene rings is 1. The smallest absolute Gasteiger partial charge is 0.308 e. The van der Waals surface area contributed by atoms with Gasteiger partial charge in [-0.3, -0.25) is 14.4 Å². The number of carbonyl (C=O) groups excluding carboxylic acids is 3. The molecule has 9 nitrogen and oxygen atoms in total. The average Bonchev–Trinajstić information content (AvgIpc) is 3.32. The van der Waals surface area contributed by atoms with Crippen LogP contribution in [0, 0.1) is 0 Å². The van der Waals surface area contributed by atoms with Crippen LogP contribution in [-0.2, 0) is 14.3 Å². The van der Waals surface area contributed by atoms with Gasteiger partial charge < -0.3 is 24.4 Å². The zero-order valence-electron chi connectivity index (χ0n) is 17.2. The van der Waals surface area contributed by atoms with Crippen LogP contribution < -0.4 is 10.1 Å². The predicted octanol–water partition coefficient (Wildman–Crippen LogP) is 2.34. The monoisotopic (exact) mass is 445 g/mol. The molecule has 0 unspecified atom stereocenters. The van der Waals surface area contributed by atoms with Crippen molar-refractivity contribution >= 4 is 34.8 Å². The Morgan fingerprint density at radius 1 is 1.35 bits per heavy atom. The third-order valence-corrected chi connectivity index (χ3v) is 6.14. The molecule has 31 heavy (non-hydrogen) atoms. The summed E-state index contributed by atoms with van der Waals surface area (Å²) >= 11 is 1.33. The Hall–Kier alpha value is -2.98. The lowest BCUT2D eigenvalue weighted by Gasteiger charge is -2.42. The summed E-state index contributed by atoms with van der Waals surface area (Å²) in [6, 6.07) is 4.77. The molecule has 3 heterocycles. The van der Waals surface area contributed by atoms with E-state index < -0.39 is 0 Å². The number of esters is 1. The van der Waals surface area contributed by atoms with Gasteiger partial charge in [0, 0.05) is 18.1 Å². The van der Waals surface area contributed by atoms with Gasteiger partial charge in [0.2, 0.25) is 0 Å². The summed E-state index contributed by atoms with van der Waals surface area (Å²) in [4.78, 5) is 42.7. The Bertz CT molecular complexity index is 979. The number of fused-ring (bicyclic) bond motifs is 2. The minimum absolute atomic E-state index is 0.177. The number of carbonyl (C=O) groups is 3. The summed E-state index contributed by atoms with van der Waals surface area (Å²) in [7, 11) is 3.09. The molecule has 2 aliphatic rings. The molecule has 1 aromatic carbocycles. The molecule has 0 saturated carbocycles. The fraction of sp³-hybridized carbons (Fsp3) is 0.429. The lowest BCUT2D eigenvalue weighted by molar-refractivity contribution is -0.151. The number of anilines is 1. The van der Waals surface area contributed by atoms with Gasteiger partial charge >= 0.3 is 5.97 Å². The van der Waals surface area contributed by atoms with E-state index >= 15 is 0 Å². The lowest BCUT2D eigenvalue weighted by Crippen LogP contribution is -2.53. The molecule has 1 fully saturated rings. The van der Waals surface area contributed by atoms with Crippen molar-refractivity contribution < 1.29 is 28.6 Å². The Kier molecular flexibility index (Phi) is 6.19. The van der Waals surface area contributed by atoms with Crippen LogP contribution in [0.5, 0.6) is 5.75 Å². The van der Waals surface area contributed by atoms with Gasteiger partial charge in [0.25, 0.3) is 11.8 Å². The standard InChI is InChI=1S/C21H23N3O6S/c1-24-16-5-4-13(8-19(25)28-2)30-18(16)9-29-17-6-3-12(7-14(17)21(24)27)23-20(26)15-10-31-11-22-15/h3,6-7,10-11,13,16,18H,4-5,8-9H2,1-2H3,(H,23,26)/t13-,16+,18+/m0/s1. The number of amides is 2. The van der Waals surface area contributed by atoms with Crippen molar-refractivity contribution in [1.82, 2.24) is 9.88 Å². The second kappa shape index (κ2) is 9.03. The maximum atomic E-state index is 13.2. The summed E-state index contributed by atoms with van der Waals surface area (Å²) < 4.78 is 16.7. The molecule has 1 aromatic heterocycles. The Morgan fingerprint density at radius 2 is 2.19 bits per heavy atom. The molecule has 2 aromatic rings. The Morgan fingerprint density at radius 3 is 2.94 bits per heavy atom. The molecule has 2 aliphatic heterocycles. The normalized spacial score (nSPS) is 23.0. The molecule has 0 bridgehead atoms. The van der Waals surface area contributed by atoms with Gasteiger partial charge in [-0.05, 0) is 31.0 Å². The summed E-state index contributed by atoms with van der Waals surface area (Å²) in [6.45, 7) is 0.248. The van der Waals surface area contributed by atoms with Crippen LogP contribution in [0.15, 0.2) is 29.1 Å². The van der Waals surface area contributed by atoms with Gasteiger partial charge in [-0.2, -0.15) is 0 Å². The maximum Gasteiger partial charge on any atom is 0.308 e. The highest BCUT2D eigenvalue weighted by atomic mass is 32.1. The molecular weight excluding hydrogens is 422 g/mol. The molecular formula is C21H23N3O6S. The largest absolute Gasteiger partial charge is 0.490 e. The first-order valence-corrected chi connectivity index (χ1v) is 10.9. The minimum atomic E-state index is -0.352. The number of hydrogen-bond donors (Lipinski definition) is 1. The fourth-order valence-electron chi connectivity index (χ4n) is 3.89. The van der Waals surface area contributed by atoms with E-state index in [4.69, 9.17) is 14.2 Å². The number of methoxy groups -OCH3 is 1. The lowest BCUT2D eigenvalue weighted by atomic mass is 9.94. The maximum absolute atomic E-state index is 13.2. The highest BCUT2D eigenvalue weighted by molar-refractivity contribution is 7.07. The van der Waals surface area contributed by atoms with E-state index in [1.165, 1.54) is 18.4 Å². The molecule has 1 saturated heterocycles. The molecule has 164 valence electrons. The molecule has 2 amide bonds. The van der Waals surface area contributed by atoms with E-state index in [2.05, 4.69) is 10.3 Å². The number of likely N-dealkylation sites (N-methyl/N-ethyl adjacent to an activating group) is 1. The van der Waals surface area contributed by atoms with Gasteiger partial charge in [0.1, 0.15) is 24.2 Å². The van der Waals surface area contributed by atoms with Gasteiger partial charge in [0.05, 0.1) is 36.8 Å². The zero-order chi connectivity index (χ0) is 22.0. The van der Waals surface area contributed by atoms with Crippen molar-refractivity contribution in [2.24, 2.45) is 0 Å². The van der Waals surface area contributed by atoms with Crippen LogP contribution in [0.2, 0.25) is 0 Å². The number of ether oxygens (including phenoxy) is 3. The Balaban J connectivity index is 1.52. The third kappa shape index (κ3) is 4.54. The van der Waals surface area contributed by atoms with Crippen LogP contribution in [0.4, 0.5) is 5.69 Å². The first-order chi connectivity index (χ1) is 15.0. The number of rotatable bonds is 4. The molecule has 0 aliphatic carbocycles. The number of thiazole rings is 1. The molecule has 4 rings (SSSR count). The van der Waals surface area contributed by atoms with Crippen LogP contribution in [0.3, 0.4) is 0 Å². The van der Waals surface area contributed by atoms with Crippen molar-refractivity contribution in [1.29, 1.82) is 0 Å². The van der Waals surface area contributed by atoms with Crippen LogP contribution >= 0.6 is 11.3 Å². The summed E-state index contributed by atoms with van der Waals surface area (Å²) in [6.07, 6.45) is 0.895. The number of nitrogens with zero attached hydrogens (tertiary/aromatic N) is 2. The van der Waals surface area contributed by atoms with Crippen LogP contribution in [-0.4, -0.2) is 66.7 Å². The second-order valence-corrected chi connectivity index (χ2v) is 8.21.